The molecular formula is C26H34N4O5. The highest BCUT2D eigenvalue weighted by Crippen LogP contribution is 2.28. The third kappa shape index (κ3) is 6.30. The van der Waals surface area contributed by atoms with Crippen molar-refractivity contribution in [2.45, 2.75) is 32.9 Å². The molecule has 0 spiro atoms. The van der Waals surface area contributed by atoms with E-state index < -0.39 is 6.10 Å². The molecule has 2 heterocycles. The fraction of sp³-hybridized carbons (Fsp3) is 0.423. The second-order valence-electron chi connectivity index (χ2n) is 8.79. The Morgan fingerprint density at radius 1 is 1.43 bits per heavy atom. The number of hydrogen-bond acceptors (Lipinski definition) is 6. The Labute approximate surface area is 206 Å². The monoisotopic (exact) mass is 482 g/mol. The van der Waals surface area contributed by atoms with Crippen LogP contribution < -0.4 is 14.8 Å². The zero-order valence-corrected chi connectivity index (χ0v) is 20.9. The van der Waals surface area contributed by atoms with Crippen molar-refractivity contribution in [2.75, 3.05) is 39.2 Å². The first-order valence-electron chi connectivity index (χ1n) is 11.6. The van der Waals surface area contributed by atoms with E-state index in [9.17, 15) is 14.7 Å². The van der Waals surface area contributed by atoms with E-state index >= 15 is 0 Å². The summed E-state index contributed by atoms with van der Waals surface area (Å²) in [5.74, 6) is 0.488. The highest BCUT2D eigenvalue weighted by molar-refractivity contribution is 5.97. The van der Waals surface area contributed by atoms with Gasteiger partial charge in [-0.3, -0.25) is 4.79 Å². The number of anilines is 1. The van der Waals surface area contributed by atoms with Crippen molar-refractivity contribution in [3.05, 3.63) is 53.7 Å². The van der Waals surface area contributed by atoms with Crippen LogP contribution in [0.5, 0.6) is 11.6 Å². The number of likely N-dealkylation sites (N-methyl/N-ethyl adjacent to an activating group) is 1. The lowest BCUT2D eigenvalue weighted by Crippen LogP contribution is -2.50. The van der Waals surface area contributed by atoms with E-state index in [1.165, 1.54) is 4.90 Å². The number of carbonyl (C=O) groups is 2. The largest absolute Gasteiger partial charge is 0.497 e. The van der Waals surface area contributed by atoms with Crippen LogP contribution >= 0.6 is 0 Å². The second-order valence-corrected chi connectivity index (χ2v) is 8.79. The van der Waals surface area contributed by atoms with E-state index in [-0.39, 0.29) is 42.9 Å². The molecule has 0 radical (unpaired) electrons. The van der Waals surface area contributed by atoms with Crippen LogP contribution in [0.15, 0.2) is 42.6 Å². The molecule has 188 valence electrons. The van der Waals surface area contributed by atoms with E-state index in [0.717, 1.165) is 5.56 Å². The third-order valence-corrected chi connectivity index (χ3v) is 6.02. The molecule has 9 nitrogen and oxygen atoms in total. The number of methoxy groups -OCH3 is 1. The van der Waals surface area contributed by atoms with Crippen LogP contribution in [0.4, 0.5) is 10.5 Å². The number of pyridine rings is 1. The van der Waals surface area contributed by atoms with Crippen LogP contribution in [-0.2, 0) is 0 Å². The minimum atomic E-state index is -0.434. The first kappa shape index (κ1) is 26.0. The molecule has 0 saturated carbocycles. The molecule has 0 fully saturated rings. The molecular weight excluding hydrogens is 448 g/mol. The Morgan fingerprint density at radius 3 is 2.89 bits per heavy atom. The van der Waals surface area contributed by atoms with Gasteiger partial charge in [0.05, 0.1) is 26.3 Å². The lowest BCUT2D eigenvalue weighted by molar-refractivity contribution is 0.0356. The topological polar surface area (TPSA) is 104 Å². The number of allylic oxidation sites excluding steroid dienone is 1. The van der Waals surface area contributed by atoms with Gasteiger partial charge in [-0.05, 0) is 37.6 Å². The summed E-state index contributed by atoms with van der Waals surface area (Å²) in [6.07, 6.45) is 4.94. The fourth-order valence-electron chi connectivity index (χ4n) is 3.89. The Morgan fingerprint density at radius 2 is 2.20 bits per heavy atom. The molecule has 0 unspecified atom stereocenters. The van der Waals surface area contributed by atoms with Crippen LogP contribution in [0, 0.1) is 5.92 Å². The Bertz CT molecular complexity index is 1070. The van der Waals surface area contributed by atoms with Gasteiger partial charge < -0.3 is 29.7 Å². The number of amides is 3. The first-order chi connectivity index (χ1) is 16.8. The predicted octanol–water partition coefficient (Wildman–Crippen LogP) is 3.51. The van der Waals surface area contributed by atoms with Gasteiger partial charge in [0.2, 0.25) is 5.88 Å². The van der Waals surface area contributed by atoms with Crippen molar-refractivity contribution in [2.24, 2.45) is 5.92 Å². The van der Waals surface area contributed by atoms with Crippen molar-refractivity contribution < 1.29 is 24.2 Å². The number of fused-ring (bicyclic) bond motifs is 1. The van der Waals surface area contributed by atoms with Gasteiger partial charge in [-0.15, -0.1) is 0 Å². The minimum absolute atomic E-state index is 0.134. The molecule has 0 saturated heterocycles. The fourth-order valence-corrected chi connectivity index (χ4v) is 3.89. The van der Waals surface area contributed by atoms with Gasteiger partial charge in [0.1, 0.15) is 17.4 Å². The molecule has 1 aliphatic rings. The van der Waals surface area contributed by atoms with Crippen molar-refractivity contribution in [3.8, 4) is 11.6 Å². The lowest BCUT2D eigenvalue weighted by Gasteiger charge is -2.37. The second kappa shape index (κ2) is 11.7. The molecule has 2 aromatic rings. The number of nitrogens with one attached hydrogen (secondary N) is 1. The summed E-state index contributed by atoms with van der Waals surface area (Å²) >= 11 is 0. The molecule has 2 N–H and O–H groups in total. The molecule has 3 amide bonds. The summed E-state index contributed by atoms with van der Waals surface area (Å²) in [6, 6.07) is 8.19. The van der Waals surface area contributed by atoms with E-state index in [0.29, 0.717) is 23.5 Å². The summed E-state index contributed by atoms with van der Waals surface area (Å²) in [5.41, 5.74) is 1.73. The number of aromatic nitrogens is 1. The maximum Gasteiger partial charge on any atom is 0.321 e. The average Bonchev–Trinajstić information content (AvgIpc) is 2.86. The third-order valence-electron chi connectivity index (χ3n) is 6.02. The number of ether oxygens (including phenoxy) is 2. The number of benzene rings is 1. The highest BCUT2D eigenvalue weighted by atomic mass is 16.5. The van der Waals surface area contributed by atoms with Crippen LogP contribution in [0.2, 0.25) is 0 Å². The van der Waals surface area contributed by atoms with Gasteiger partial charge >= 0.3 is 6.03 Å². The summed E-state index contributed by atoms with van der Waals surface area (Å²) in [4.78, 5) is 33.9. The van der Waals surface area contributed by atoms with E-state index in [1.807, 2.05) is 26.0 Å². The van der Waals surface area contributed by atoms with E-state index in [2.05, 4.69) is 10.3 Å². The van der Waals surface area contributed by atoms with E-state index in [4.69, 9.17) is 9.47 Å². The van der Waals surface area contributed by atoms with Gasteiger partial charge in [-0.25, -0.2) is 9.78 Å². The summed E-state index contributed by atoms with van der Waals surface area (Å²) in [6.45, 7) is 6.12. The SMILES string of the molecule is C/C=C/c1cnc2c(c1)C(=O)N([C@H](C)CO)C[C@H](C)[C@@H](CN(C)C(=O)Nc1cccc(OC)c1)O2. The molecule has 0 bridgehead atoms. The number of aliphatic hydroxyl groups excluding tert-OH is 1. The summed E-state index contributed by atoms with van der Waals surface area (Å²) in [5, 5.41) is 12.6. The van der Waals surface area contributed by atoms with Crippen LogP contribution in [-0.4, -0.2) is 77.8 Å². The Balaban J connectivity index is 1.85. The standard InChI is InChI=1S/C26H34N4O5/c1-6-8-19-11-22-24(27-13-19)35-23(17(2)14-30(25(22)32)18(3)16-31)15-29(4)26(33)28-20-9-7-10-21(12-20)34-5/h6-13,17-18,23,31H,14-16H2,1-5H3,(H,28,33)/b8-6+/t17-,18+,23+/m0/s1. The van der Waals surface area contributed by atoms with Crippen LogP contribution in [0.25, 0.3) is 6.08 Å². The van der Waals surface area contributed by atoms with Crippen molar-refractivity contribution in [1.29, 1.82) is 0 Å². The Kier molecular flexibility index (Phi) is 8.70. The number of nitrogens with zero attached hydrogens (tertiary/aromatic N) is 3. The zero-order chi connectivity index (χ0) is 25.5. The number of aliphatic hydroxyl groups is 1. The quantitative estimate of drug-likeness (QED) is 0.626. The molecule has 1 aliphatic heterocycles. The average molecular weight is 483 g/mol. The molecule has 1 aromatic carbocycles. The predicted molar refractivity (Wildman–Crippen MR) is 135 cm³/mol. The highest BCUT2D eigenvalue weighted by Gasteiger charge is 2.34. The normalized spacial score (nSPS) is 18.8. The lowest BCUT2D eigenvalue weighted by atomic mass is 10.00. The van der Waals surface area contributed by atoms with Crippen LogP contribution in [0.1, 0.15) is 36.7 Å². The summed E-state index contributed by atoms with van der Waals surface area (Å²) < 4.78 is 11.5. The maximum absolute atomic E-state index is 13.4. The minimum Gasteiger partial charge on any atom is -0.497 e. The van der Waals surface area contributed by atoms with Gasteiger partial charge in [0.25, 0.3) is 5.91 Å². The molecule has 9 heteroatoms. The van der Waals surface area contributed by atoms with Crippen molar-refractivity contribution in [3.63, 3.8) is 0 Å². The van der Waals surface area contributed by atoms with Crippen molar-refractivity contribution in [1.82, 2.24) is 14.8 Å². The zero-order valence-electron chi connectivity index (χ0n) is 20.9. The maximum atomic E-state index is 13.4. The van der Waals surface area contributed by atoms with Gasteiger partial charge in [-0.2, -0.15) is 0 Å². The van der Waals surface area contributed by atoms with Crippen LogP contribution in [0.3, 0.4) is 0 Å². The van der Waals surface area contributed by atoms with Gasteiger partial charge in [-0.1, -0.05) is 25.1 Å². The molecule has 0 aliphatic carbocycles. The smallest absolute Gasteiger partial charge is 0.321 e. The van der Waals surface area contributed by atoms with Gasteiger partial charge in [0, 0.05) is 37.5 Å². The number of urea groups is 1. The molecule has 3 atom stereocenters. The number of hydrogen-bond donors (Lipinski definition) is 2. The van der Waals surface area contributed by atoms with Gasteiger partial charge in [0.15, 0.2) is 0 Å². The molecule has 35 heavy (non-hydrogen) atoms. The van der Waals surface area contributed by atoms with E-state index in [1.54, 1.807) is 62.5 Å². The molecule has 3 rings (SSSR count). The summed E-state index contributed by atoms with van der Waals surface area (Å²) in [7, 11) is 3.26. The first-order valence-corrected chi connectivity index (χ1v) is 11.6. The number of rotatable bonds is 7. The van der Waals surface area contributed by atoms with Crippen molar-refractivity contribution >= 4 is 23.7 Å². The molecule has 1 aromatic heterocycles. The Hall–Kier alpha value is -3.59. The number of carbonyl (C=O) groups excluding carboxylic acids is 2.